The lowest BCUT2D eigenvalue weighted by atomic mass is 10.1. The van der Waals surface area contributed by atoms with Gasteiger partial charge in [-0.15, -0.1) is 0 Å². The molecule has 0 saturated carbocycles. The molecule has 0 aromatic heterocycles. The van der Waals surface area contributed by atoms with Crippen LogP contribution in [0.25, 0.3) is 0 Å². The van der Waals surface area contributed by atoms with E-state index < -0.39 is 16.9 Å². The first kappa shape index (κ1) is 14.7. The minimum Gasteiger partial charge on any atom is -0.467 e. The van der Waals surface area contributed by atoms with E-state index in [0.717, 1.165) is 0 Å². The van der Waals surface area contributed by atoms with Crippen LogP contribution in [0.5, 0.6) is 0 Å². The number of methoxy groups -OCH3 is 1. The number of nitriles is 1. The monoisotopic (exact) mass is 291 g/mol. The molecule has 0 radical (unpaired) electrons. The van der Waals surface area contributed by atoms with Gasteiger partial charge in [0, 0.05) is 6.54 Å². The molecule has 1 aliphatic heterocycles. The third-order valence-electron chi connectivity index (χ3n) is 3.23. The number of nitrogens with zero attached hydrogens (tertiary/aromatic N) is 3. The fourth-order valence-corrected chi connectivity index (χ4v) is 2.27. The van der Waals surface area contributed by atoms with Crippen molar-refractivity contribution < 1.29 is 19.2 Å². The Balaban J connectivity index is 2.51. The topological polar surface area (TPSA) is 106 Å². The molecule has 1 atom stereocenters. The Morgan fingerprint density at radius 2 is 2.38 bits per heavy atom. The molecule has 0 spiro atoms. The molecule has 8 heteroatoms. The second kappa shape index (κ2) is 6.19. The average molecular weight is 291 g/mol. The Morgan fingerprint density at radius 1 is 1.62 bits per heavy atom. The van der Waals surface area contributed by atoms with Gasteiger partial charge in [-0.3, -0.25) is 10.1 Å². The van der Waals surface area contributed by atoms with Gasteiger partial charge in [-0.05, 0) is 12.1 Å². The number of nitro groups is 1. The number of benzene rings is 1. The first-order valence-electron chi connectivity index (χ1n) is 6.20. The summed E-state index contributed by atoms with van der Waals surface area (Å²) in [5.74, 6) is -0.536. The van der Waals surface area contributed by atoms with E-state index in [4.69, 9.17) is 14.7 Å². The summed E-state index contributed by atoms with van der Waals surface area (Å²) in [6, 6.07) is 5.46. The molecular weight excluding hydrogens is 278 g/mol. The number of para-hydroxylation sites is 1. The second-order valence-corrected chi connectivity index (χ2v) is 4.35. The fourth-order valence-electron chi connectivity index (χ4n) is 2.27. The van der Waals surface area contributed by atoms with Crippen molar-refractivity contribution in [2.24, 2.45) is 0 Å². The molecular formula is C13H13N3O5. The molecule has 1 unspecified atom stereocenters. The van der Waals surface area contributed by atoms with Crippen LogP contribution in [0.15, 0.2) is 18.2 Å². The maximum atomic E-state index is 11.8. The summed E-state index contributed by atoms with van der Waals surface area (Å²) in [7, 11) is 1.25. The SMILES string of the molecule is COC(=O)C1COCCN1c1cccc(C#N)c1[N+](=O)[O-]. The van der Waals surface area contributed by atoms with E-state index in [0.29, 0.717) is 13.2 Å². The van der Waals surface area contributed by atoms with Crippen molar-refractivity contribution in [2.75, 3.05) is 31.8 Å². The van der Waals surface area contributed by atoms with Gasteiger partial charge in [0.25, 0.3) is 0 Å². The zero-order valence-electron chi connectivity index (χ0n) is 11.3. The molecule has 0 bridgehead atoms. The smallest absolute Gasteiger partial charge is 0.330 e. The summed E-state index contributed by atoms with van der Waals surface area (Å²) in [6.07, 6.45) is 0. The highest BCUT2D eigenvalue weighted by Gasteiger charge is 2.35. The number of nitro benzene ring substituents is 1. The van der Waals surface area contributed by atoms with Crippen molar-refractivity contribution in [3.05, 3.63) is 33.9 Å². The zero-order valence-corrected chi connectivity index (χ0v) is 11.3. The maximum absolute atomic E-state index is 11.8. The number of rotatable bonds is 3. The lowest BCUT2D eigenvalue weighted by Crippen LogP contribution is -2.50. The van der Waals surface area contributed by atoms with Crippen LogP contribution >= 0.6 is 0 Å². The lowest BCUT2D eigenvalue weighted by molar-refractivity contribution is -0.384. The van der Waals surface area contributed by atoms with Gasteiger partial charge in [-0.25, -0.2) is 4.79 Å². The van der Waals surface area contributed by atoms with E-state index in [1.54, 1.807) is 17.0 Å². The molecule has 0 amide bonds. The normalized spacial score (nSPS) is 17.9. The summed E-state index contributed by atoms with van der Waals surface area (Å²) in [5.41, 5.74) is -0.138. The minimum absolute atomic E-state index is 0.0485. The summed E-state index contributed by atoms with van der Waals surface area (Å²) in [6.45, 7) is 0.720. The molecule has 0 N–H and O–H groups in total. The van der Waals surface area contributed by atoms with Crippen LogP contribution < -0.4 is 4.90 Å². The van der Waals surface area contributed by atoms with Crippen LogP contribution in [0, 0.1) is 21.4 Å². The Morgan fingerprint density at radius 3 is 3.00 bits per heavy atom. The van der Waals surface area contributed by atoms with Crippen molar-refractivity contribution >= 4 is 17.3 Å². The van der Waals surface area contributed by atoms with E-state index >= 15 is 0 Å². The molecule has 1 fully saturated rings. The summed E-state index contributed by atoms with van der Waals surface area (Å²) in [4.78, 5) is 24.0. The van der Waals surface area contributed by atoms with Crippen molar-refractivity contribution in [1.82, 2.24) is 0 Å². The van der Waals surface area contributed by atoms with Crippen molar-refractivity contribution in [3.63, 3.8) is 0 Å². The predicted molar refractivity (Wildman–Crippen MR) is 71.8 cm³/mol. The lowest BCUT2D eigenvalue weighted by Gasteiger charge is -2.35. The van der Waals surface area contributed by atoms with Crippen LogP contribution in [0.1, 0.15) is 5.56 Å². The van der Waals surface area contributed by atoms with Crippen LogP contribution in [-0.2, 0) is 14.3 Å². The third-order valence-corrected chi connectivity index (χ3v) is 3.23. The number of ether oxygens (including phenoxy) is 2. The van der Waals surface area contributed by atoms with Crippen molar-refractivity contribution in [1.29, 1.82) is 5.26 Å². The Bertz CT molecular complexity index is 610. The second-order valence-electron chi connectivity index (χ2n) is 4.35. The first-order chi connectivity index (χ1) is 10.1. The van der Waals surface area contributed by atoms with E-state index in [1.807, 2.05) is 0 Å². The quantitative estimate of drug-likeness (QED) is 0.461. The summed E-state index contributed by atoms with van der Waals surface area (Å²) in [5, 5.41) is 20.3. The number of hydrogen-bond donors (Lipinski definition) is 0. The number of carbonyl (C=O) groups is 1. The van der Waals surface area contributed by atoms with Crippen LogP contribution in [0.3, 0.4) is 0 Å². The van der Waals surface area contributed by atoms with Crippen LogP contribution in [-0.4, -0.2) is 43.8 Å². The minimum atomic E-state index is -0.767. The van der Waals surface area contributed by atoms with Gasteiger partial charge in [0.15, 0.2) is 6.04 Å². The molecule has 110 valence electrons. The van der Waals surface area contributed by atoms with Crippen molar-refractivity contribution in [2.45, 2.75) is 6.04 Å². The number of carbonyl (C=O) groups excluding carboxylic acids is 1. The third kappa shape index (κ3) is 2.78. The largest absolute Gasteiger partial charge is 0.467 e. The highest BCUT2D eigenvalue weighted by atomic mass is 16.6. The summed E-state index contributed by atoms with van der Waals surface area (Å²) >= 11 is 0. The van der Waals surface area contributed by atoms with Gasteiger partial charge in [-0.2, -0.15) is 5.26 Å². The molecule has 21 heavy (non-hydrogen) atoms. The van der Waals surface area contributed by atoms with E-state index in [2.05, 4.69) is 0 Å². The van der Waals surface area contributed by atoms with Gasteiger partial charge >= 0.3 is 11.7 Å². The highest BCUT2D eigenvalue weighted by molar-refractivity contribution is 5.83. The molecule has 0 aliphatic carbocycles. The van der Waals surface area contributed by atoms with Gasteiger partial charge in [0.05, 0.1) is 25.2 Å². The van der Waals surface area contributed by atoms with E-state index in [-0.39, 0.29) is 23.5 Å². The first-order valence-corrected chi connectivity index (χ1v) is 6.20. The number of morpholine rings is 1. The zero-order chi connectivity index (χ0) is 15.4. The van der Waals surface area contributed by atoms with Gasteiger partial charge in [0.2, 0.25) is 0 Å². The molecule has 1 heterocycles. The van der Waals surface area contributed by atoms with E-state index in [9.17, 15) is 14.9 Å². The fraction of sp³-hybridized carbons (Fsp3) is 0.385. The average Bonchev–Trinajstić information content (AvgIpc) is 2.53. The van der Waals surface area contributed by atoms with E-state index in [1.165, 1.54) is 19.2 Å². The highest BCUT2D eigenvalue weighted by Crippen LogP contribution is 2.33. The molecule has 1 aromatic rings. The Labute approximate surface area is 120 Å². The Kier molecular flexibility index (Phi) is 4.35. The standard InChI is InChI=1S/C13H13N3O5/c1-20-13(17)11-8-21-6-5-15(11)10-4-2-3-9(7-14)12(10)16(18)19/h2-4,11H,5-6,8H2,1H3. The molecule has 1 aromatic carbocycles. The van der Waals surface area contributed by atoms with Crippen LogP contribution in [0.2, 0.25) is 0 Å². The Hall–Kier alpha value is -2.66. The van der Waals surface area contributed by atoms with Gasteiger partial charge in [0.1, 0.15) is 17.3 Å². The van der Waals surface area contributed by atoms with Gasteiger partial charge in [-0.1, -0.05) is 6.07 Å². The predicted octanol–water partition coefficient (Wildman–Crippen LogP) is 0.845. The molecule has 8 nitrogen and oxygen atoms in total. The summed E-state index contributed by atoms with van der Waals surface area (Å²) < 4.78 is 9.94. The number of anilines is 1. The maximum Gasteiger partial charge on any atom is 0.330 e. The number of hydrogen-bond acceptors (Lipinski definition) is 7. The number of esters is 1. The molecule has 2 rings (SSSR count). The molecule has 1 aliphatic rings. The molecule has 1 saturated heterocycles. The van der Waals surface area contributed by atoms with Crippen molar-refractivity contribution in [3.8, 4) is 6.07 Å². The van der Waals surface area contributed by atoms with Gasteiger partial charge < -0.3 is 14.4 Å². The van der Waals surface area contributed by atoms with Crippen LogP contribution in [0.4, 0.5) is 11.4 Å².